The quantitative estimate of drug-likeness (QED) is 0.830. The molecule has 0 amide bonds. The first-order valence-electron chi connectivity index (χ1n) is 5.20. The second-order valence-corrected chi connectivity index (χ2v) is 4.11. The highest BCUT2D eigenvalue weighted by molar-refractivity contribution is 6.67. The zero-order valence-corrected chi connectivity index (χ0v) is 10.4. The summed E-state index contributed by atoms with van der Waals surface area (Å²) >= 11 is 5.82. The van der Waals surface area contributed by atoms with Crippen molar-refractivity contribution in [3.8, 4) is 0 Å². The lowest BCUT2D eigenvalue weighted by Gasteiger charge is -2.20. The molecule has 0 spiro atoms. The van der Waals surface area contributed by atoms with Gasteiger partial charge in [0.1, 0.15) is 11.5 Å². The number of ketones is 1. The van der Waals surface area contributed by atoms with Crippen molar-refractivity contribution in [2.75, 3.05) is 12.4 Å². The van der Waals surface area contributed by atoms with Crippen LogP contribution in [-0.2, 0) is 16.1 Å². The second kappa shape index (κ2) is 4.85. The lowest BCUT2D eigenvalue weighted by atomic mass is 10.2. The first-order chi connectivity index (χ1) is 8.11. The molecule has 1 aromatic heterocycles. The maximum Gasteiger partial charge on any atom is 0.198 e. The normalized spacial score (nSPS) is 18.3. The molecule has 2 heterocycles. The van der Waals surface area contributed by atoms with E-state index in [1.54, 1.807) is 24.9 Å². The number of ether oxygens (including phenoxy) is 1. The van der Waals surface area contributed by atoms with Crippen LogP contribution in [0.4, 0.5) is 5.69 Å². The molecule has 0 bridgehead atoms. The number of hydrogen-bond donors (Lipinski definition) is 1. The Morgan fingerprint density at radius 3 is 3.12 bits per heavy atom. The van der Waals surface area contributed by atoms with Gasteiger partial charge in [0.2, 0.25) is 0 Å². The number of aryl methyl sites for hydroxylation is 1. The Hall–Kier alpha value is -1.40. The SMILES string of the molecule is COC1N=C(Cl)Nc2cnn(CCC(C)=O)c21. The number of Topliss-reactive ketones (excluding diaryl/α,β-unsaturated/α-hetero) is 1. The van der Waals surface area contributed by atoms with Crippen LogP contribution in [0.1, 0.15) is 25.3 Å². The molecular formula is C10H13ClN4O2. The Labute approximate surface area is 104 Å². The summed E-state index contributed by atoms with van der Waals surface area (Å²) in [6.07, 6.45) is 1.61. The number of anilines is 1. The van der Waals surface area contributed by atoms with Gasteiger partial charge < -0.3 is 10.1 Å². The van der Waals surface area contributed by atoms with Crippen LogP contribution in [0.3, 0.4) is 0 Å². The predicted molar refractivity (Wildman–Crippen MR) is 64.2 cm³/mol. The summed E-state index contributed by atoms with van der Waals surface area (Å²) in [5, 5.41) is 7.37. The molecule has 1 N–H and O–H groups in total. The number of halogens is 1. The Balaban J connectivity index is 2.26. The summed E-state index contributed by atoms with van der Waals surface area (Å²) < 4.78 is 6.95. The third-order valence-corrected chi connectivity index (χ3v) is 2.67. The maximum atomic E-state index is 11.0. The van der Waals surface area contributed by atoms with E-state index < -0.39 is 6.23 Å². The Morgan fingerprint density at radius 1 is 1.71 bits per heavy atom. The van der Waals surface area contributed by atoms with E-state index >= 15 is 0 Å². The fraction of sp³-hybridized carbons (Fsp3) is 0.500. The summed E-state index contributed by atoms with van der Waals surface area (Å²) in [6.45, 7) is 2.07. The average molecular weight is 257 g/mol. The van der Waals surface area contributed by atoms with Crippen molar-refractivity contribution in [3.05, 3.63) is 11.9 Å². The van der Waals surface area contributed by atoms with Crippen LogP contribution in [0.15, 0.2) is 11.2 Å². The summed E-state index contributed by atoms with van der Waals surface area (Å²) in [6, 6.07) is 0. The van der Waals surface area contributed by atoms with Gasteiger partial charge in [-0.25, -0.2) is 4.99 Å². The molecule has 0 aromatic carbocycles. The van der Waals surface area contributed by atoms with Gasteiger partial charge in [0.05, 0.1) is 11.9 Å². The van der Waals surface area contributed by atoms with E-state index in [4.69, 9.17) is 16.3 Å². The van der Waals surface area contributed by atoms with Crippen LogP contribution in [-0.4, -0.2) is 28.0 Å². The number of aliphatic imine (C=N–C) groups is 1. The zero-order valence-electron chi connectivity index (χ0n) is 9.61. The van der Waals surface area contributed by atoms with E-state index in [-0.39, 0.29) is 11.1 Å². The maximum absolute atomic E-state index is 11.0. The van der Waals surface area contributed by atoms with Crippen LogP contribution in [0.5, 0.6) is 0 Å². The topological polar surface area (TPSA) is 68.5 Å². The molecule has 0 radical (unpaired) electrons. The lowest BCUT2D eigenvalue weighted by Crippen LogP contribution is -2.20. The number of carbonyl (C=O) groups is 1. The van der Waals surface area contributed by atoms with Gasteiger partial charge in [-0.3, -0.25) is 9.48 Å². The van der Waals surface area contributed by atoms with Crippen molar-refractivity contribution in [1.29, 1.82) is 0 Å². The third kappa shape index (κ3) is 2.48. The van der Waals surface area contributed by atoms with Gasteiger partial charge in [-0.2, -0.15) is 5.10 Å². The standard InChI is InChI=1S/C10H13ClN4O2/c1-6(16)3-4-15-8-7(5-12-15)13-10(11)14-9(8)17-2/h5,9H,3-4H2,1-2H3,(H,13,14). The molecule has 0 fully saturated rings. The number of aromatic nitrogens is 2. The van der Waals surface area contributed by atoms with Gasteiger partial charge in [-0.1, -0.05) is 0 Å². The van der Waals surface area contributed by atoms with Crippen molar-refractivity contribution >= 4 is 28.4 Å². The minimum absolute atomic E-state index is 0.119. The summed E-state index contributed by atoms with van der Waals surface area (Å²) in [7, 11) is 1.55. The van der Waals surface area contributed by atoms with E-state index in [0.29, 0.717) is 13.0 Å². The number of rotatable bonds is 4. The average Bonchev–Trinajstić information content (AvgIpc) is 2.68. The molecular weight excluding hydrogens is 244 g/mol. The molecule has 1 unspecified atom stereocenters. The van der Waals surface area contributed by atoms with Crippen molar-refractivity contribution in [2.24, 2.45) is 4.99 Å². The zero-order chi connectivity index (χ0) is 12.4. The molecule has 0 saturated carbocycles. The molecule has 92 valence electrons. The minimum atomic E-state index is -0.479. The van der Waals surface area contributed by atoms with Gasteiger partial charge in [-0.05, 0) is 18.5 Å². The lowest BCUT2D eigenvalue weighted by molar-refractivity contribution is -0.117. The van der Waals surface area contributed by atoms with E-state index in [9.17, 15) is 4.79 Å². The number of nitrogens with one attached hydrogen (secondary N) is 1. The minimum Gasteiger partial charge on any atom is -0.354 e. The van der Waals surface area contributed by atoms with Gasteiger partial charge in [0, 0.05) is 20.1 Å². The molecule has 6 nitrogen and oxygen atoms in total. The Morgan fingerprint density at radius 2 is 2.47 bits per heavy atom. The van der Waals surface area contributed by atoms with Crippen molar-refractivity contribution in [1.82, 2.24) is 9.78 Å². The first kappa shape index (κ1) is 12.1. The summed E-state index contributed by atoms with van der Waals surface area (Å²) in [5.74, 6) is 0.119. The molecule has 0 aliphatic carbocycles. The molecule has 1 aliphatic rings. The van der Waals surface area contributed by atoms with Crippen molar-refractivity contribution in [3.63, 3.8) is 0 Å². The fourth-order valence-electron chi connectivity index (χ4n) is 1.66. The molecule has 7 heteroatoms. The highest BCUT2D eigenvalue weighted by atomic mass is 35.5. The Kier molecular flexibility index (Phi) is 3.44. The summed E-state index contributed by atoms with van der Waals surface area (Å²) in [4.78, 5) is 15.1. The van der Waals surface area contributed by atoms with Gasteiger partial charge >= 0.3 is 0 Å². The van der Waals surface area contributed by atoms with Gasteiger partial charge in [0.25, 0.3) is 0 Å². The van der Waals surface area contributed by atoms with Crippen LogP contribution < -0.4 is 5.32 Å². The molecule has 0 saturated heterocycles. The molecule has 1 atom stereocenters. The first-order valence-corrected chi connectivity index (χ1v) is 5.58. The second-order valence-electron chi connectivity index (χ2n) is 3.75. The van der Waals surface area contributed by atoms with Crippen molar-refractivity contribution < 1.29 is 9.53 Å². The number of hydrogen-bond acceptors (Lipinski definition) is 5. The number of methoxy groups -OCH3 is 1. The largest absolute Gasteiger partial charge is 0.354 e. The van der Waals surface area contributed by atoms with Crippen molar-refractivity contribution in [2.45, 2.75) is 26.1 Å². The third-order valence-electron chi connectivity index (χ3n) is 2.48. The van der Waals surface area contributed by atoms with Crippen LogP contribution in [0, 0.1) is 0 Å². The van der Waals surface area contributed by atoms with Crippen LogP contribution in [0.2, 0.25) is 0 Å². The van der Waals surface area contributed by atoms with E-state index in [0.717, 1.165) is 11.4 Å². The van der Waals surface area contributed by atoms with Gasteiger partial charge in [0.15, 0.2) is 11.5 Å². The molecule has 1 aromatic rings. The van der Waals surface area contributed by atoms with E-state index in [1.165, 1.54) is 0 Å². The van der Waals surface area contributed by atoms with Crippen LogP contribution in [0.25, 0.3) is 0 Å². The predicted octanol–water partition coefficient (Wildman–Crippen LogP) is 1.53. The number of amidine groups is 1. The highest BCUT2D eigenvalue weighted by Gasteiger charge is 2.25. The monoisotopic (exact) mass is 256 g/mol. The smallest absolute Gasteiger partial charge is 0.198 e. The number of fused-ring (bicyclic) bond motifs is 1. The molecule has 17 heavy (non-hydrogen) atoms. The molecule has 2 rings (SSSR count). The number of carbonyl (C=O) groups excluding carboxylic acids is 1. The van der Waals surface area contributed by atoms with Crippen LogP contribution >= 0.6 is 11.6 Å². The summed E-state index contributed by atoms with van der Waals surface area (Å²) in [5.41, 5.74) is 1.55. The Bertz CT molecular complexity index is 469. The highest BCUT2D eigenvalue weighted by Crippen LogP contribution is 2.30. The van der Waals surface area contributed by atoms with E-state index in [1.807, 2.05) is 0 Å². The fourth-order valence-corrected chi connectivity index (χ4v) is 1.86. The molecule has 1 aliphatic heterocycles. The van der Waals surface area contributed by atoms with E-state index in [2.05, 4.69) is 15.4 Å². The number of nitrogens with zero attached hydrogens (tertiary/aromatic N) is 3. The van der Waals surface area contributed by atoms with Gasteiger partial charge in [-0.15, -0.1) is 0 Å².